The average Bonchev–Trinajstić information content (AvgIpc) is 2.79. The molecule has 0 radical (unpaired) electrons. The van der Waals surface area contributed by atoms with E-state index in [0.29, 0.717) is 24.5 Å². The Balaban J connectivity index is 1.97. The summed E-state index contributed by atoms with van der Waals surface area (Å²) in [6.45, 7) is 3.31. The fourth-order valence-corrected chi connectivity index (χ4v) is 4.13. The summed E-state index contributed by atoms with van der Waals surface area (Å²) in [5.41, 5.74) is 0. The van der Waals surface area contributed by atoms with Crippen LogP contribution in [0.4, 0.5) is 0 Å². The molecular weight excluding hydrogens is 358 g/mol. The van der Waals surface area contributed by atoms with E-state index in [1.54, 1.807) is 24.3 Å². The van der Waals surface area contributed by atoms with E-state index in [4.69, 9.17) is 5.11 Å². The molecule has 1 heterocycles. The summed E-state index contributed by atoms with van der Waals surface area (Å²) < 4.78 is 25.3. The van der Waals surface area contributed by atoms with Gasteiger partial charge in [0.2, 0.25) is 0 Å². The first-order chi connectivity index (χ1) is 9.79. The monoisotopic (exact) mass is 375 g/mol. The van der Waals surface area contributed by atoms with E-state index in [1.807, 2.05) is 11.8 Å². The van der Waals surface area contributed by atoms with Gasteiger partial charge in [0.25, 0.3) is 0 Å². The Morgan fingerprint density at radius 2 is 1.95 bits per heavy atom. The SMILES string of the molecule is C[C@@H]1CN(CCS(=O)(=O)c2ccc(Br)cc2)C[C@H]1C(=O)O. The lowest BCUT2D eigenvalue weighted by Gasteiger charge is -2.15. The average molecular weight is 376 g/mol. The fourth-order valence-electron chi connectivity index (χ4n) is 2.58. The number of rotatable bonds is 5. The Hall–Kier alpha value is -0.920. The van der Waals surface area contributed by atoms with Crippen molar-refractivity contribution in [2.45, 2.75) is 11.8 Å². The van der Waals surface area contributed by atoms with Gasteiger partial charge in [-0.15, -0.1) is 0 Å². The predicted molar refractivity (Wildman–Crippen MR) is 82.9 cm³/mol. The van der Waals surface area contributed by atoms with Crippen LogP contribution in [0.3, 0.4) is 0 Å². The quantitative estimate of drug-likeness (QED) is 0.850. The highest BCUT2D eigenvalue weighted by molar-refractivity contribution is 9.10. The topological polar surface area (TPSA) is 74.7 Å². The summed E-state index contributed by atoms with van der Waals surface area (Å²) in [7, 11) is -3.33. The molecule has 21 heavy (non-hydrogen) atoms. The molecule has 1 saturated heterocycles. The van der Waals surface area contributed by atoms with Crippen LogP contribution in [0.1, 0.15) is 6.92 Å². The van der Waals surface area contributed by atoms with Crippen molar-refractivity contribution in [3.63, 3.8) is 0 Å². The highest BCUT2D eigenvalue weighted by Gasteiger charge is 2.34. The second-order valence-electron chi connectivity index (χ2n) is 5.45. The number of halogens is 1. The van der Waals surface area contributed by atoms with Gasteiger partial charge in [-0.05, 0) is 30.2 Å². The molecule has 1 aromatic carbocycles. The van der Waals surface area contributed by atoms with Crippen molar-refractivity contribution in [1.29, 1.82) is 0 Å². The van der Waals surface area contributed by atoms with E-state index in [-0.39, 0.29) is 11.7 Å². The summed E-state index contributed by atoms with van der Waals surface area (Å²) in [5.74, 6) is -1.15. The van der Waals surface area contributed by atoms with E-state index >= 15 is 0 Å². The van der Waals surface area contributed by atoms with Crippen LogP contribution in [0.2, 0.25) is 0 Å². The molecule has 5 nitrogen and oxygen atoms in total. The summed E-state index contributed by atoms with van der Waals surface area (Å²) >= 11 is 3.27. The van der Waals surface area contributed by atoms with Crippen LogP contribution in [0.25, 0.3) is 0 Å². The van der Waals surface area contributed by atoms with Crippen molar-refractivity contribution in [2.75, 3.05) is 25.4 Å². The lowest BCUT2D eigenvalue weighted by Crippen LogP contribution is -2.28. The molecule has 0 unspecified atom stereocenters. The van der Waals surface area contributed by atoms with Gasteiger partial charge in [0.15, 0.2) is 9.84 Å². The van der Waals surface area contributed by atoms with Gasteiger partial charge >= 0.3 is 5.97 Å². The van der Waals surface area contributed by atoms with Gasteiger partial charge in [0, 0.05) is 24.1 Å². The first-order valence-electron chi connectivity index (χ1n) is 6.73. The Kier molecular flexibility index (Phi) is 5.06. The van der Waals surface area contributed by atoms with Crippen LogP contribution in [-0.2, 0) is 14.6 Å². The van der Waals surface area contributed by atoms with E-state index in [0.717, 1.165) is 4.47 Å². The predicted octanol–water partition coefficient (Wildman–Crippen LogP) is 1.88. The smallest absolute Gasteiger partial charge is 0.308 e. The van der Waals surface area contributed by atoms with Crippen molar-refractivity contribution in [2.24, 2.45) is 11.8 Å². The van der Waals surface area contributed by atoms with Crippen LogP contribution < -0.4 is 0 Å². The third kappa shape index (κ3) is 4.05. The Morgan fingerprint density at radius 1 is 1.33 bits per heavy atom. The maximum absolute atomic E-state index is 12.2. The van der Waals surface area contributed by atoms with E-state index < -0.39 is 21.7 Å². The Bertz CT molecular complexity index is 614. The van der Waals surface area contributed by atoms with Gasteiger partial charge in [-0.1, -0.05) is 22.9 Å². The standard InChI is InChI=1S/C14H18BrNO4S/c1-10-8-16(9-13(10)14(17)18)6-7-21(19,20)12-4-2-11(15)3-5-12/h2-5,10,13H,6-9H2,1H3,(H,17,18)/t10-,13-/m1/s1. The van der Waals surface area contributed by atoms with Crippen LogP contribution in [0.15, 0.2) is 33.6 Å². The molecule has 1 aliphatic heterocycles. The number of carboxylic acid groups (broad SMARTS) is 1. The molecule has 1 aromatic rings. The van der Waals surface area contributed by atoms with Gasteiger partial charge in [0.05, 0.1) is 16.6 Å². The number of nitrogens with zero attached hydrogens (tertiary/aromatic N) is 1. The minimum absolute atomic E-state index is 0.00763. The van der Waals surface area contributed by atoms with Crippen LogP contribution >= 0.6 is 15.9 Å². The zero-order valence-electron chi connectivity index (χ0n) is 11.7. The third-order valence-corrected chi connectivity index (χ3v) is 6.09. The Labute approximate surface area is 133 Å². The first-order valence-corrected chi connectivity index (χ1v) is 9.17. The normalized spacial score (nSPS) is 23.3. The number of sulfone groups is 1. The lowest BCUT2D eigenvalue weighted by molar-refractivity contribution is -0.142. The lowest BCUT2D eigenvalue weighted by atomic mass is 9.99. The number of likely N-dealkylation sites (tertiary alicyclic amines) is 1. The van der Waals surface area contributed by atoms with Crippen LogP contribution in [0, 0.1) is 11.8 Å². The molecule has 0 saturated carbocycles. The van der Waals surface area contributed by atoms with Crippen molar-refractivity contribution in [3.05, 3.63) is 28.7 Å². The molecule has 2 atom stereocenters. The zero-order chi connectivity index (χ0) is 15.6. The van der Waals surface area contributed by atoms with E-state index in [1.165, 1.54) is 0 Å². The van der Waals surface area contributed by atoms with Gasteiger partial charge in [-0.25, -0.2) is 8.42 Å². The van der Waals surface area contributed by atoms with Gasteiger partial charge in [-0.3, -0.25) is 4.79 Å². The van der Waals surface area contributed by atoms with Gasteiger partial charge < -0.3 is 10.0 Å². The van der Waals surface area contributed by atoms with E-state index in [2.05, 4.69) is 15.9 Å². The maximum Gasteiger partial charge on any atom is 0.308 e. The van der Waals surface area contributed by atoms with Crippen molar-refractivity contribution < 1.29 is 18.3 Å². The molecule has 1 N–H and O–H groups in total. The number of carboxylic acids is 1. The second-order valence-corrected chi connectivity index (χ2v) is 8.48. The molecule has 1 fully saturated rings. The molecule has 0 bridgehead atoms. The zero-order valence-corrected chi connectivity index (χ0v) is 14.1. The third-order valence-electron chi connectivity index (χ3n) is 3.85. The fraction of sp³-hybridized carbons (Fsp3) is 0.500. The minimum atomic E-state index is -3.33. The largest absolute Gasteiger partial charge is 0.481 e. The highest BCUT2D eigenvalue weighted by atomic mass is 79.9. The summed E-state index contributed by atoms with van der Waals surface area (Å²) in [6.07, 6.45) is 0. The van der Waals surface area contributed by atoms with E-state index in [9.17, 15) is 13.2 Å². The molecule has 0 spiro atoms. The second kappa shape index (κ2) is 6.46. The molecule has 0 amide bonds. The summed E-state index contributed by atoms with van der Waals surface area (Å²) in [6, 6.07) is 6.55. The number of benzene rings is 1. The number of hydrogen-bond donors (Lipinski definition) is 1. The van der Waals surface area contributed by atoms with Crippen molar-refractivity contribution in [3.8, 4) is 0 Å². The Morgan fingerprint density at radius 3 is 2.48 bits per heavy atom. The van der Waals surface area contributed by atoms with Crippen LogP contribution in [0.5, 0.6) is 0 Å². The number of aliphatic carboxylic acids is 1. The maximum atomic E-state index is 12.2. The van der Waals surface area contributed by atoms with Gasteiger partial charge in [0.1, 0.15) is 0 Å². The molecule has 2 rings (SSSR count). The van der Waals surface area contributed by atoms with Gasteiger partial charge in [-0.2, -0.15) is 0 Å². The number of hydrogen-bond acceptors (Lipinski definition) is 4. The summed E-state index contributed by atoms with van der Waals surface area (Å²) in [5, 5.41) is 9.08. The molecular formula is C14H18BrNO4S. The minimum Gasteiger partial charge on any atom is -0.481 e. The first kappa shape index (κ1) is 16.5. The van der Waals surface area contributed by atoms with Crippen LogP contribution in [-0.4, -0.2) is 49.8 Å². The highest BCUT2D eigenvalue weighted by Crippen LogP contribution is 2.23. The number of carbonyl (C=O) groups is 1. The molecule has 116 valence electrons. The molecule has 0 aliphatic carbocycles. The molecule has 7 heteroatoms. The summed E-state index contributed by atoms with van der Waals surface area (Å²) in [4.78, 5) is 13.3. The molecule has 0 aromatic heterocycles. The van der Waals surface area contributed by atoms with Crippen molar-refractivity contribution >= 4 is 31.7 Å². The molecule has 1 aliphatic rings. The van der Waals surface area contributed by atoms with Crippen molar-refractivity contribution in [1.82, 2.24) is 4.90 Å².